The number of thiazole rings is 1. The van der Waals surface area contributed by atoms with E-state index in [-0.39, 0.29) is 18.0 Å². The minimum Gasteiger partial charge on any atom is -0.290 e. The number of carbonyl (C=O) groups is 1. The van der Waals surface area contributed by atoms with E-state index in [1.165, 1.54) is 11.3 Å². The molecular weight excluding hydrogens is 222 g/mol. The lowest BCUT2D eigenvalue weighted by atomic mass is 10.2. The predicted molar refractivity (Wildman–Crippen MR) is 61.7 cm³/mol. The molecule has 2 rings (SSSR count). The summed E-state index contributed by atoms with van der Waals surface area (Å²) in [6.07, 6.45) is 3.57. The van der Waals surface area contributed by atoms with Crippen molar-refractivity contribution < 1.29 is 4.79 Å². The Kier molecular flexibility index (Phi) is 3.05. The van der Waals surface area contributed by atoms with E-state index < -0.39 is 0 Å². The fourth-order valence-corrected chi connectivity index (χ4v) is 2.01. The topological polar surface area (TPSA) is 55.7 Å². The van der Waals surface area contributed by atoms with Crippen LogP contribution in [0, 0.1) is 13.8 Å². The smallest absolute Gasteiger partial charge is 0.206 e. The van der Waals surface area contributed by atoms with Gasteiger partial charge in [0.1, 0.15) is 5.01 Å². The molecule has 0 unspecified atom stereocenters. The number of rotatable bonds is 3. The third-order valence-electron chi connectivity index (χ3n) is 2.01. The van der Waals surface area contributed by atoms with Gasteiger partial charge in [0, 0.05) is 23.5 Å². The van der Waals surface area contributed by atoms with Crippen molar-refractivity contribution >= 4 is 17.1 Å². The summed E-state index contributed by atoms with van der Waals surface area (Å²) in [4.78, 5) is 24.0. The Bertz CT molecular complexity index is 504. The highest BCUT2D eigenvalue weighted by molar-refractivity contribution is 7.09. The third kappa shape index (κ3) is 2.49. The second kappa shape index (κ2) is 4.49. The first-order chi connectivity index (χ1) is 7.65. The van der Waals surface area contributed by atoms with E-state index in [9.17, 15) is 4.79 Å². The van der Waals surface area contributed by atoms with Crippen molar-refractivity contribution in [3.8, 4) is 0 Å². The first-order valence-electron chi connectivity index (χ1n) is 4.88. The summed E-state index contributed by atoms with van der Waals surface area (Å²) in [5.41, 5.74) is 1.89. The van der Waals surface area contributed by atoms with Crippen molar-refractivity contribution in [1.29, 1.82) is 0 Å². The van der Waals surface area contributed by atoms with Crippen LogP contribution in [0.1, 0.15) is 26.9 Å². The average molecular weight is 233 g/mol. The molecule has 0 spiro atoms. The van der Waals surface area contributed by atoms with E-state index in [0.29, 0.717) is 0 Å². The molecule has 0 atom stereocenters. The molecule has 0 saturated heterocycles. The molecule has 82 valence electrons. The van der Waals surface area contributed by atoms with Crippen LogP contribution < -0.4 is 0 Å². The first kappa shape index (κ1) is 10.9. The zero-order valence-electron chi connectivity index (χ0n) is 9.10. The van der Waals surface area contributed by atoms with Gasteiger partial charge >= 0.3 is 0 Å². The summed E-state index contributed by atoms with van der Waals surface area (Å²) in [7, 11) is 0. The van der Waals surface area contributed by atoms with Gasteiger partial charge in [-0.05, 0) is 19.4 Å². The summed E-state index contributed by atoms with van der Waals surface area (Å²) < 4.78 is 0. The molecular formula is C11H11N3OS. The number of carbonyl (C=O) groups excluding carboxylic acids is 1. The number of hydrogen-bond acceptors (Lipinski definition) is 5. The number of ketones is 1. The molecule has 0 aliphatic heterocycles. The van der Waals surface area contributed by atoms with Crippen LogP contribution in [0.15, 0.2) is 17.8 Å². The molecule has 0 bridgehead atoms. The fourth-order valence-electron chi connectivity index (χ4n) is 1.24. The largest absolute Gasteiger partial charge is 0.290 e. The summed E-state index contributed by atoms with van der Waals surface area (Å²) in [6, 6.07) is 0. The lowest BCUT2D eigenvalue weighted by Crippen LogP contribution is -2.08. The van der Waals surface area contributed by atoms with Gasteiger partial charge in [0.2, 0.25) is 5.78 Å². The van der Waals surface area contributed by atoms with Crippen molar-refractivity contribution in [3.63, 3.8) is 0 Å². The SMILES string of the molecule is Cc1cnc(C(=O)Cc2nc(C)cs2)nc1. The van der Waals surface area contributed by atoms with Crippen LogP contribution in [0.3, 0.4) is 0 Å². The van der Waals surface area contributed by atoms with E-state index >= 15 is 0 Å². The molecule has 4 nitrogen and oxygen atoms in total. The van der Waals surface area contributed by atoms with Crippen molar-refractivity contribution in [1.82, 2.24) is 15.0 Å². The Morgan fingerprint density at radius 2 is 2.00 bits per heavy atom. The molecule has 0 aliphatic rings. The van der Waals surface area contributed by atoms with Gasteiger partial charge in [0.05, 0.1) is 6.42 Å². The highest BCUT2D eigenvalue weighted by atomic mass is 32.1. The summed E-state index contributed by atoms with van der Waals surface area (Å²) in [6.45, 7) is 3.80. The Balaban J connectivity index is 2.11. The normalized spacial score (nSPS) is 10.4. The standard InChI is InChI=1S/C11H11N3OS/c1-7-4-12-11(13-5-7)9(15)3-10-14-8(2)6-16-10/h4-6H,3H2,1-2H3. The number of hydrogen-bond donors (Lipinski definition) is 0. The van der Waals surface area contributed by atoms with Gasteiger partial charge in [-0.25, -0.2) is 15.0 Å². The van der Waals surface area contributed by atoms with Crippen LogP contribution in [-0.2, 0) is 6.42 Å². The summed E-state index contributed by atoms with van der Waals surface area (Å²) in [5.74, 6) is 0.174. The second-order valence-corrected chi connectivity index (χ2v) is 4.51. The maximum Gasteiger partial charge on any atom is 0.206 e. The van der Waals surface area contributed by atoms with Gasteiger partial charge in [-0.15, -0.1) is 11.3 Å². The van der Waals surface area contributed by atoms with E-state index in [1.807, 2.05) is 19.2 Å². The molecule has 0 radical (unpaired) electrons. The minimum atomic E-state index is -0.0886. The molecule has 5 heteroatoms. The lowest BCUT2D eigenvalue weighted by molar-refractivity contribution is 0.0983. The summed E-state index contributed by atoms with van der Waals surface area (Å²) in [5, 5.41) is 2.74. The predicted octanol–water partition coefficient (Wildman–Crippen LogP) is 1.98. The number of aromatic nitrogens is 3. The van der Waals surface area contributed by atoms with Gasteiger partial charge in [-0.3, -0.25) is 4.79 Å². The molecule has 0 N–H and O–H groups in total. The van der Waals surface area contributed by atoms with Crippen molar-refractivity contribution in [2.24, 2.45) is 0 Å². The van der Waals surface area contributed by atoms with Gasteiger partial charge < -0.3 is 0 Å². The molecule has 16 heavy (non-hydrogen) atoms. The minimum absolute atomic E-state index is 0.0886. The Labute approximate surface area is 97.4 Å². The number of nitrogens with zero attached hydrogens (tertiary/aromatic N) is 3. The fraction of sp³-hybridized carbons (Fsp3) is 0.273. The van der Waals surface area contributed by atoms with Gasteiger partial charge in [-0.2, -0.15) is 0 Å². The molecule has 2 aromatic heterocycles. The zero-order valence-corrected chi connectivity index (χ0v) is 9.91. The van der Waals surface area contributed by atoms with Crippen LogP contribution in [-0.4, -0.2) is 20.7 Å². The van der Waals surface area contributed by atoms with Crippen LogP contribution in [0.2, 0.25) is 0 Å². The molecule has 0 saturated carbocycles. The van der Waals surface area contributed by atoms with Gasteiger partial charge in [0.25, 0.3) is 0 Å². The van der Waals surface area contributed by atoms with Crippen LogP contribution in [0.25, 0.3) is 0 Å². The average Bonchev–Trinajstić information content (AvgIpc) is 2.65. The molecule has 0 fully saturated rings. The van der Waals surface area contributed by atoms with Crippen LogP contribution in [0.4, 0.5) is 0 Å². The van der Waals surface area contributed by atoms with Crippen molar-refractivity contribution in [3.05, 3.63) is 39.9 Å². The van der Waals surface area contributed by atoms with E-state index in [1.54, 1.807) is 12.4 Å². The number of Topliss-reactive ketones (excluding diaryl/α,β-unsaturated/α-hetero) is 1. The Morgan fingerprint density at radius 1 is 1.31 bits per heavy atom. The first-order valence-corrected chi connectivity index (χ1v) is 5.76. The molecule has 0 aliphatic carbocycles. The Hall–Kier alpha value is -1.62. The summed E-state index contributed by atoms with van der Waals surface area (Å²) >= 11 is 1.49. The zero-order chi connectivity index (χ0) is 11.5. The molecule has 2 aromatic rings. The maximum atomic E-state index is 11.8. The third-order valence-corrected chi connectivity index (χ3v) is 2.98. The second-order valence-electron chi connectivity index (χ2n) is 3.57. The molecule has 0 amide bonds. The van der Waals surface area contributed by atoms with Crippen molar-refractivity contribution in [2.45, 2.75) is 20.3 Å². The van der Waals surface area contributed by atoms with E-state index in [0.717, 1.165) is 16.3 Å². The van der Waals surface area contributed by atoms with Gasteiger partial charge in [0.15, 0.2) is 5.82 Å². The van der Waals surface area contributed by atoms with Crippen molar-refractivity contribution in [2.75, 3.05) is 0 Å². The quantitative estimate of drug-likeness (QED) is 0.761. The van der Waals surface area contributed by atoms with Crippen LogP contribution >= 0.6 is 11.3 Å². The van der Waals surface area contributed by atoms with E-state index in [4.69, 9.17) is 0 Å². The highest BCUT2D eigenvalue weighted by Gasteiger charge is 2.11. The Morgan fingerprint density at radius 3 is 2.56 bits per heavy atom. The molecule has 2 heterocycles. The van der Waals surface area contributed by atoms with E-state index in [2.05, 4.69) is 15.0 Å². The van der Waals surface area contributed by atoms with Gasteiger partial charge in [-0.1, -0.05) is 0 Å². The van der Waals surface area contributed by atoms with Crippen LogP contribution in [0.5, 0.6) is 0 Å². The molecule has 0 aromatic carbocycles. The number of aryl methyl sites for hydroxylation is 2. The monoisotopic (exact) mass is 233 g/mol. The highest BCUT2D eigenvalue weighted by Crippen LogP contribution is 2.11. The maximum absolute atomic E-state index is 11.8. The lowest BCUT2D eigenvalue weighted by Gasteiger charge is -1.97.